The maximum Gasteiger partial charge on any atom is 0.341 e. The molecule has 2 aromatic rings. The van der Waals surface area contributed by atoms with Gasteiger partial charge >= 0.3 is 5.97 Å². The Morgan fingerprint density at radius 3 is 2.96 bits per heavy atom. The average Bonchev–Trinajstić information content (AvgIpc) is 3.20. The lowest BCUT2D eigenvalue weighted by Crippen LogP contribution is -2.17. The number of nitrogens with zero attached hydrogens (tertiary/aromatic N) is 2. The molecule has 0 radical (unpaired) electrons. The van der Waals surface area contributed by atoms with E-state index in [-0.39, 0.29) is 17.6 Å². The number of aryl methyl sites for hydroxylation is 1. The molecule has 0 fully saturated rings. The number of fused-ring (bicyclic) bond motifs is 1. The number of aromatic nitrogens is 2. The minimum Gasteiger partial charge on any atom is -0.462 e. The van der Waals surface area contributed by atoms with Crippen molar-refractivity contribution in [2.75, 3.05) is 17.7 Å². The van der Waals surface area contributed by atoms with E-state index in [1.165, 1.54) is 39.3 Å². The van der Waals surface area contributed by atoms with E-state index in [0.29, 0.717) is 17.2 Å². The molecule has 0 atom stereocenters. The highest BCUT2D eigenvalue weighted by Crippen LogP contribution is 2.38. The zero-order chi connectivity index (χ0) is 16.9. The first-order valence-electron chi connectivity index (χ1n) is 7.69. The Kier molecular flexibility index (Phi) is 5.85. The third-order valence-electron chi connectivity index (χ3n) is 3.57. The van der Waals surface area contributed by atoms with E-state index >= 15 is 0 Å². The molecule has 1 aliphatic rings. The first-order valence-corrected chi connectivity index (χ1v) is 10.4. The molecule has 0 aliphatic heterocycles. The number of nitrogens with one attached hydrogen (secondary N) is 1. The summed E-state index contributed by atoms with van der Waals surface area (Å²) >= 11 is 4.23. The summed E-state index contributed by atoms with van der Waals surface area (Å²) in [4.78, 5) is 25.8. The third-order valence-corrected chi connectivity index (χ3v) is 6.64. The summed E-state index contributed by atoms with van der Waals surface area (Å²) in [6.45, 7) is 2.11. The summed E-state index contributed by atoms with van der Waals surface area (Å²) in [6, 6.07) is 0. The Morgan fingerprint density at radius 2 is 2.21 bits per heavy atom. The molecule has 0 bridgehead atoms. The summed E-state index contributed by atoms with van der Waals surface area (Å²) in [7, 11) is 0. The van der Waals surface area contributed by atoms with Crippen LogP contribution >= 0.6 is 34.4 Å². The Balaban J connectivity index is 1.75. The highest BCUT2D eigenvalue weighted by Gasteiger charge is 2.27. The molecule has 3 rings (SSSR count). The van der Waals surface area contributed by atoms with Crippen molar-refractivity contribution in [2.45, 2.75) is 36.9 Å². The molecule has 0 spiro atoms. The number of thiophene rings is 1. The Hall–Kier alpha value is -1.45. The first kappa shape index (κ1) is 17.4. The van der Waals surface area contributed by atoms with Gasteiger partial charge in [-0.2, -0.15) is 0 Å². The highest BCUT2D eigenvalue weighted by atomic mass is 32.2. The van der Waals surface area contributed by atoms with Gasteiger partial charge < -0.3 is 10.1 Å². The van der Waals surface area contributed by atoms with Gasteiger partial charge in [-0.3, -0.25) is 4.79 Å². The van der Waals surface area contributed by atoms with Crippen LogP contribution in [-0.4, -0.2) is 34.4 Å². The number of carbonyl (C=O) groups is 2. The summed E-state index contributed by atoms with van der Waals surface area (Å²) < 4.78 is 5.94. The monoisotopic (exact) mass is 383 g/mol. The second-order valence-corrected chi connectivity index (χ2v) is 8.34. The predicted molar refractivity (Wildman–Crippen MR) is 96.2 cm³/mol. The SMILES string of the molecule is CCOC(=O)c1c(NC(=O)CSc2nncs2)sc2c1CCCC2. The van der Waals surface area contributed by atoms with Crippen LogP contribution in [0.1, 0.15) is 40.6 Å². The molecule has 1 amide bonds. The van der Waals surface area contributed by atoms with E-state index < -0.39 is 0 Å². The van der Waals surface area contributed by atoms with Crippen molar-refractivity contribution in [1.29, 1.82) is 0 Å². The van der Waals surface area contributed by atoms with Crippen LogP contribution in [0.15, 0.2) is 9.85 Å². The van der Waals surface area contributed by atoms with Crippen LogP contribution < -0.4 is 5.32 Å². The van der Waals surface area contributed by atoms with Gasteiger partial charge in [0.25, 0.3) is 0 Å². The molecule has 9 heteroatoms. The average molecular weight is 384 g/mol. The van der Waals surface area contributed by atoms with Gasteiger partial charge in [-0.15, -0.1) is 21.5 Å². The van der Waals surface area contributed by atoms with Crippen molar-refractivity contribution in [2.24, 2.45) is 0 Å². The fourth-order valence-corrected chi connectivity index (χ4v) is 5.17. The van der Waals surface area contributed by atoms with Crippen LogP contribution in [-0.2, 0) is 22.4 Å². The number of hydrogen-bond donors (Lipinski definition) is 1. The summed E-state index contributed by atoms with van der Waals surface area (Å²) in [5, 5.41) is 11.1. The molecule has 0 unspecified atom stereocenters. The van der Waals surface area contributed by atoms with Crippen LogP contribution in [0.5, 0.6) is 0 Å². The van der Waals surface area contributed by atoms with E-state index in [1.807, 2.05) is 0 Å². The van der Waals surface area contributed by atoms with Gasteiger partial charge in [0.2, 0.25) is 5.91 Å². The minimum absolute atomic E-state index is 0.153. The van der Waals surface area contributed by atoms with Gasteiger partial charge in [0.1, 0.15) is 10.5 Å². The molecule has 1 aliphatic carbocycles. The number of anilines is 1. The lowest BCUT2D eigenvalue weighted by Gasteiger charge is -2.12. The van der Waals surface area contributed by atoms with Gasteiger partial charge in [0.05, 0.1) is 17.9 Å². The Morgan fingerprint density at radius 1 is 1.38 bits per heavy atom. The minimum atomic E-state index is -0.344. The van der Waals surface area contributed by atoms with Crippen molar-refractivity contribution in [1.82, 2.24) is 10.2 Å². The number of rotatable bonds is 6. The number of esters is 1. The van der Waals surface area contributed by atoms with Gasteiger partial charge in [0.15, 0.2) is 4.34 Å². The zero-order valence-electron chi connectivity index (χ0n) is 13.2. The van der Waals surface area contributed by atoms with Gasteiger partial charge in [0, 0.05) is 4.88 Å². The van der Waals surface area contributed by atoms with Crippen LogP contribution in [0, 0.1) is 0 Å². The topological polar surface area (TPSA) is 81.2 Å². The van der Waals surface area contributed by atoms with Crippen LogP contribution in [0.4, 0.5) is 5.00 Å². The fourth-order valence-electron chi connectivity index (χ4n) is 2.59. The molecule has 24 heavy (non-hydrogen) atoms. The van der Waals surface area contributed by atoms with Crippen LogP contribution in [0.25, 0.3) is 0 Å². The standard InChI is InChI=1S/C15H17N3O3S3/c1-2-21-14(20)12-9-5-3-4-6-10(9)24-13(12)17-11(19)7-22-15-18-16-8-23-15/h8H,2-7H2,1H3,(H,17,19). The van der Waals surface area contributed by atoms with Crippen LogP contribution in [0.2, 0.25) is 0 Å². The van der Waals surface area contributed by atoms with Crippen molar-refractivity contribution in [3.05, 3.63) is 21.5 Å². The van der Waals surface area contributed by atoms with E-state index in [1.54, 1.807) is 12.4 Å². The first-order chi connectivity index (χ1) is 11.7. The lowest BCUT2D eigenvalue weighted by molar-refractivity contribution is -0.113. The molecule has 128 valence electrons. The highest BCUT2D eigenvalue weighted by molar-refractivity contribution is 8.01. The molecule has 6 nitrogen and oxygen atoms in total. The van der Waals surface area contributed by atoms with Gasteiger partial charge in [-0.1, -0.05) is 23.1 Å². The molecule has 0 saturated heterocycles. The second-order valence-electron chi connectivity index (χ2n) is 5.18. The smallest absolute Gasteiger partial charge is 0.341 e. The summed E-state index contributed by atoms with van der Waals surface area (Å²) in [5.41, 5.74) is 3.23. The van der Waals surface area contributed by atoms with Crippen molar-refractivity contribution >= 4 is 51.3 Å². The molecular weight excluding hydrogens is 366 g/mol. The van der Waals surface area contributed by atoms with E-state index in [0.717, 1.165) is 35.6 Å². The molecule has 2 aromatic heterocycles. The Labute approximate surface area is 152 Å². The predicted octanol–water partition coefficient (Wildman–Crippen LogP) is 3.39. The van der Waals surface area contributed by atoms with Crippen LogP contribution in [0.3, 0.4) is 0 Å². The molecule has 0 aromatic carbocycles. The van der Waals surface area contributed by atoms with E-state index in [4.69, 9.17) is 4.74 Å². The molecule has 1 N–H and O–H groups in total. The molecule has 0 saturated carbocycles. The largest absolute Gasteiger partial charge is 0.462 e. The number of thioether (sulfide) groups is 1. The number of hydrogen-bond acceptors (Lipinski definition) is 8. The second kappa shape index (κ2) is 8.09. The van der Waals surface area contributed by atoms with Gasteiger partial charge in [-0.05, 0) is 38.2 Å². The van der Waals surface area contributed by atoms with Crippen molar-refractivity contribution < 1.29 is 14.3 Å². The normalized spacial score (nSPS) is 13.4. The summed E-state index contributed by atoms with van der Waals surface area (Å²) in [6.07, 6.45) is 4.02. The zero-order valence-corrected chi connectivity index (χ0v) is 15.6. The number of ether oxygens (including phenoxy) is 1. The van der Waals surface area contributed by atoms with Crippen molar-refractivity contribution in [3.63, 3.8) is 0 Å². The van der Waals surface area contributed by atoms with Crippen molar-refractivity contribution in [3.8, 4) is 0 Å². The van der Waals surface area contributed by atoms with E-state index in [9.17, 15) is 9.59 Å². The number of amides is 1. The summed E-state index contributed by atoms with van der Waals surface area (Å²) in [5.74, 6) is -0.261. The van der Waals surface area contributed by atoms with Gasteiger partial charge in [-0.25, -0.2) is 4.79 Å². The third kappa shape index (κ3) is 3.96. The quantitative estimate of drug-likeness (QED) is 0.608. The maximum atomic E-state index is 12.3. The maximum absolute atomic E-state index is 12.3. The van der Waals surface area contributed by atoms with E-state index in [2.05, 4.69) is 15.5 Å². The number of carbonyl (C=O) groups excluding carboxylic acids is 2. The molecule has 2 heterocycles. The fraction of sp³-hybridized carbons (Fsp3) is 0.467. The lowest BCUT2D eigenvalue weighted by atomic mass is 9.95. The Bertz CT molecular complexity index is 728. The molecular formula is C15H17N3O3S3.